The van der Waals surface area contributed by atoms with Gasteiger partial charge in [0.15, 0.2) is 15.4 Å². The maximum Gasteiger partial charge on any atom is 0.256 e. The normalized spacial score (nSPS) is 25.0. The summed E-state index contributed by atoms with van der Waals surface area (Å²) in [5.74, 6) is -2.42. The SMILES string of the molecule is CC(C)(C)S(=O)(=O)CC(C1CC1)N1C(=O)[C@](C)(CC(N)=O)O[C@H](c2cccc(Cl)c2)C1c1ccc(Cl)c(F)c1. The first-order chi connectivity index (χ1) is 18.0. The third-order valence-electron chi connectivity index (χ3n) is 7.48. The average Bonchev–Trinajstić information content (AvgIpc) is 3.65. The zero-order valence-electron chi connectivity index (χ0n) is 22.3. The van der Waals surface area contributed by atoms with E-state index in [4.69, 9.17) is 33.7 Å². The number of sulfone groups is 1. The smallest absolute Gasteiger partial charge is 0.256 e. The van der Waals surface area contributed by atoms with Crippen molar-refractivity contribution >= 4 is 44.9 Å². The second kappa shape index (κ2) is 10.7. The van der Waals surface area contributed by atoms with Crippen LogP contribution in [0, 0.1) is 11.7 Å². The fourth-order valence-corrected chi connectivity index (χ4v) is 6.81. The zero-order valence-corrected chi connectivity index (χ0v) is 24.6. The van der Waals surface area contributed by atoms with Crippen LogP contribution in [0.2, 0.25) is 10.0 Å². The van der Waals surface area contributed by atoms with Crippen molar-refractivity contribution in [3.05, 3.63) is 69.5 Å². The van der Waals surface area contributed by atoms with E-state index in [9.17, 15) is 22.4 Å². The van der Waals surface area contributed by atoms with Crippen LogP contribution in [0.5, 0.6) is 0 Å². The molecule has 4 rings (SSSR count). The van der Waals surface area contributed by atoms with E-state index in [-0.39, 0.29) is 16.7 Å². The van der Waals surface area contributed by atoms with Crippen LogP contribution >= 0.6 is 23.2 Å². The lowest BCUT2D eigenvalue weighted by molar-refractivity contribution is -0.204. The van der Waals surface area contributed by atoms with Crippen molar-refractivity contribution in [2.24, 2.45) is 11.7 Å². The Labute approximate surface area is 238 Å². The van der Waals surface area contributed by atoms with Crippen LogP contribution in [0.15, 0.2) is 42.5 Å². The molecule has 4 atom stereocenters. The monoisotopic (exact) mass is 598 g/mol. The van der Waals surface area contributed by atoms with E-state index in [2.05, 4.69) is 0 Å². The van der Waals surface area contributed by atoms with E-state index in [1.54, 1.807) is 51.1 Å². The topological polar surface area (TPSA) is 107 Å². The lowest BCUT2D eigenvalue weighted by Gasteiger charge is -2.52. The number of hydrogen-bond acceptors (Lipinski definition) is 5. The summed E-state index contributed by atoms with van der Waals surface area (Å²) < 4.78 is 47.1. The van der Waals surface area contributed by atoms with Gasteiger partial charge in [0.25, 0.3) is 5.91 Å². The van der Waals surface area contributed by atoms with Gasteiger partial charge in [0.05, 0.1) is 28.0 Å². The summed E-state index contributed by atoms with van der Waals surface area (Å²) in [5, 5.41) is 0.312. The number of primary amides is 1. The minimum absolute atomic E-state index is 0.0957. The quantitative estimate of drug-likeness (QED) is 0.438. The molecule has 2 amide bonds. The fourth-order valence-electron chi connectivity index (χ4n) is 5.11. The maximum absolute atomic E-state index is 14.8. The molecule has 0 radical (unpaired) electrons. The third-order valence-corrected chi connectivity index (χ3v) is 10.7. The second-order valence-corrected chi connectivity index (χ2v) is 15.2. The third kappa shape index (κ3) is 6.11. The van der Waals surface area contributed by atoms with Crippen LogP contribution in [0.25, 0.3) is 0 Å². The molecule has 1 saturated carbocycles. The Balaban J connectivity index is 1.97. The summed E-state index contributed by atoms with van der Waals surface area (Å²) in [5.41, 5.74) is 4.79. The van der Waals surface area contributed by atoms with Gasteiger partial charge >= 0.3 is 0 Å². The average molecular weight is 600 g/mol. The number of benzene rings is 2. The number of carbonyl (C=O) groups excluding carboxylic acids is 2. The molecule has 1 heterocycles. The van der Waals surface area contributed by atoms with Crippen molar-refractivity contribution in [3.63, 3.8) is 0 Å². The van der Waals surface area contributed by atoms with Gasteiger partial charge in [0.2, 0.25) is 5.91 Å². The summed E-state index contributed by atoms with van der Waals surface area (Å²) in [6, 6.07) is 9.35. The van der Waals surface area contributed by atoms with Crippen molar-refractivity contribution in [2.45, 2.75) is 75.5 Å². The van der Waals surface area contributed by atoms with Gasteiger partial charge in [-0.1, -0.05) is 41.4 Å². The molecule has 2 unspecified atom stereocenters. The van der Waals surface area contributed by atoms with E-state index in [0.29, 0.717) is 16.1 Å². The molecule has 1 aliphatic heterocycles. The van der Waals surface area contributed by atoms with Gasteiger partial charge in [-0.05, 0) is 81.8 Å². The molecule has 7 nitrogen and oxygen atoms in total. The van der Waals surface area contributed by atoms with Crippen LogP contribution in [-0.4, -0.2) is 47.3 Å². The van der Waals surface area contributed by atoms with Gasteiger partial charge in [0.1, 0.15) is 11.9 Å². The Morgan fingerprint density at radius 3 is 2.38 bits per heavy atom. The van der Waals surface area contributed by atoms with Gasteiger partial charge in [-0.2, -0.15) is 0 Å². The predicted molar refractivity (Wildman–Crippen MR) is 149 cm³/mol. The summed E-state index contributed by atoms with van der Waals surface area (Å²) in [4.78, 5) is 27.9. The number of morpholine rings is 1. The van der Waals surface area contributed by atoms with Crippen LogP contribution in [0.4, 0.5) is 4.39 Å². The molecule has 2 aromatic rings. The number of halogens is 3. The molecule has 2 aromatic carbocycles. The minimum Gasteiger partial charge on any atom is -0.370 e. The molecular formula is C28H33Cl2FN2O5S. The highest BCUT2D eigenvalue weighted by molar-refractivity contribution is 7.92. The molecule has 0 aromatic heterocycles. The second-order valence-electron chi connectivity index (χ2n) is 11.6. The summed E-state index contributed by atoms with van der Waals surface area (Å²) in [6.07, 6.45) is 0.102. The molecule has 11 heteroatoms. The van der Waals surface area contributed by atoms with Crippen LogP contribution in [-0.2, 0) is 24.2 Å². The maximum atomic E-state index is 14.8. The minimum atomic E-state index is -3.69. The summed E-state index contributed by atoms with van der Waals surface area (Å²) in [7, 11) is -3.69. The van der Waals surface area contributed by atoms with Gasteiger partial charge in [-0.3, -0.25) is 9.59 Å². The van der Waals surface area contributed by atoms with Crippen molar-refractivity contribution in [1.29, 1.82) is 0 Å². The molecule has 2 N–H and O–H groups in total. The lowest BCUT2D eigenvalue weighted by Crippen LogP contribution is -2.62. The summed E-state index contributed by atoms with van der Waals surface area (Å²) in [6.45, 7) is 6.33. The number of hydrogen-bond donors (Lipinski definition) is 1. The van der Waals surface area contributed by atoms with E-state index in [1.165, 1.54) is 24.0 Å². The highest BCUT2D eigenvalue weighted by atomic mass is 35.5. The first kappa shape index (κ1) is 29.8. The number of nitrogens with two attached hydrogens (primary N) is 1. The van der Waals surface area contributed by atoms with E-state index >= 15 is 0 Å². The molecule has 212 valence electrons. The highest BCUT2D eigenvalue weighted by Gasteiger charge is 2.56. The van der Waals surface area contributed by atoms with E-state index < -0.39 is 62.4 Å². The number of rotatable bonds is 8. The predicted octanol–water partition coefficient (Wildman–Crippen LogP) is 5.40. The number of carbonyl (C=O) groups is 2. The number of ether oxygens (including phenoxy) is 1. The van der Waals surface area contributed by atoms with E-state index in [0.717, 1.165) is 12.8 Å². The standard InChI is InChI=1S/C28H33Cl2FN2O5S/c1-27(2,3)39(36,37)15-22(16-8-9-16)33-24(17-10-11-20(30)21(31)13-17)25(18-6-5-7-19(29)12-18)38-28(4,26(33)35)14-23(32)34/h5-7,10-13,16,22,24-25H,8-9,14-15H2,1-4H3,(H2,32,34)/t22?,24?,25-,28+/m1/s1. The lowest BCUT2D eigenvalue weighted by atomic mass is 9.85. The van der Waals surface area contributed by atoms with Crippen LogP contribution in [0.1, 0.15) is 70.2 Å². The molecule has 1 aliphatic carbocycles. The van der Waals surface area contributed by atoms with Crippen LogP contribution < -0.4 is 5.73 Å². The molecule has 0 bridgehead atoms. The largest absolute Gasteiger partial charge is 0.370 e. The van der Waals surface area contributed by atoms with Crippen molar-refractivity contribution < 1.29 is 27.1 Å². The molecule has 2 fully saturated rings. The molecule has 0 spiro atoms. The highest BCUT2D eigenvalue weighted by Crippen LogP contribution is 2.51. The molecular weight excluding hydrogens is 566 g/mol. The van der Waals surface area contributed by atoms with E-state index in [1.807, 2.05) is 0 Å². The van der Waals surface area contributed by atoms with Crippen molar-refractivity contribution in [2.75, 3.05) is 5.75 Å². The zero-order chi connectivity index (χ0) is 28.9. The number of nitrogens with zero attached hydrogens (tertiary/aromatic N) is 1. The van der Waals surface area contributed by atoms with Gasteiger partial charge in [-0.25, -0.2) is 12.8 Å². The summed E-state index contributed by atoms with van der Waals surface area (Å²) >= 11 is 12.3. The molecule has 2 aliphatic rings. The fraction of sp³-hybridized carbons (Fsp3) is 0.500. The Bertz CT molecular complexity index is 1390. The molecule has 1 saturated heterocycles. The Kier molecular flexibility index (Phi) is 8.13. The first-order valence-electron chi connectivity index (χ1n) is 12.8. The van der Waals surface area contributed by atoms with Gasteiger partial charge in [0, 0.05) is 11.1 Å². The van der Waals surface area contributed by atoms with Crippen LogP contribution in [0.3, 0.4) is 0 Å². The van der Waals surface area contributed by atoms with Gasteiger partial charge < -0.3 is 15.4 Å². The van der Waals surface area contributed by atoms with Crippen molar-refractivity contribution in [3.8, 4) is 0 Å². The molecule has 39 heavy (non-hydrogen) atoms. The Morgan fingerprint density at radius 2 is 1.85 bits per heavy atom. The Hall–Kier alpha value is -2.20. The number of amides is 2. The first-order valence-corrected chi connectivity index (χ1v) is 15.2. The van der Waals surface area contributed by atoms with Gasteiger partial charge in [-0.15, -0.1) is 0 Å². The van der Waals surface area contributed by atoms with Crippen molar-refractivity contribution in [1.82, 2.24) is 4.90 Å². The Morgan fingerprint density at radius 1 is 1.18 bits per heavy atom.